The smallest absolute Gasteiger partial charge is 0.169 e. The molecule has 0 radical (unpaired) electrons. The Morgan fingerprint density at radius 1 is 1.39 bits per heavy atom. The summed E-state index contributed by atoms with van der Waals surface area (Å²) < 4.78 is 5.26. The third-order valence-corrected chi connectivity index (χ3v) is 3.73. The average molecular weight is 266 g/mol. The lowest BCUT2D eigenvalue weighted by molar-refractivity contribution is 0.228. The highest BCUT2D eigenvalue weighted by atomic mass is 35.5. The summed E-state index contributed by atoms with van der Waals surface area (Å²) in [6, 6.07) is 3.78. The van der Waals surface area contributed by atoms with Gasteiger partial charge in [-0.3, -0.25) is 0 Å². The lowest BCUT2D eigenvalue weighted by Crippen LogP contribution is -2.07. The fraction of sp³-hybridized carbons (Fsp3) is 0.500. The van der Waals surface area contributed by atoms with Crippen LogP contribution in [0.2, 0.25) is 5.02 Å². The number of methoxy groups -OCH3 is 1. The van der Waals surface area contributed by atoms with E-state index < -0.39 is 6.10 Å². The zero-order valence-corrected chi connectivity index (χ0v) is 11.1. The zero-order chi connectivity index (χ0) is 13.1. The maximum Gasteiger partial charge on any atom is 0.169 e. The molecule has 0 saturated heterocycles. The predicted molar refractivity (Wildman–Crippen MR) is 69.8 cm³/mol. The molecule has 1 aliphatic carbocycles. The highest BCUT2D eigenvalue weighted by molar-refractivity contribution is 6.32. The quantitative estimate of drug-likeness (QED) is 0.660. The lowest BCUT2D eigenvalue weighted by atomic mass is 9.93. The summed E-state index contributed by atoms with van der Waals surface area (Å²) in [6.45, 7) is 0. The Bertz CT molecular complexity index is 494. The van der Waals surface area contributed by atoms with Crippen LogP contribution in [0.1, 0.15) is 42.1 Å². The number of aryl methyl sites for hydroxylation is 1. The molecule has 1 unspecified atom stereocenters. The minimum absolute atomic E-state index is 0.436. The Labute approximate surface area is 112 Å². The highest BCUT2D eigenvalue weighted by Gasteiger charge is 2.24. The van der Waals surface area contributed by atoms with E-state index in [2.05, 4.69) is 0 Å². The summed E-state index contributed by atoms with van der Waals surface area (Å²) in [4.78, 5) is 0. The van der Waals surface area contributed by atoms with Gasteiger partial charge in [-0.25, -0.2) is 0 Å². The maximum absolute atomic E-state index is 9.91. The topological polar surface area (TPSA) is 53.2 Å². The summed E-state index contributed by atoms with van der Waals surface area (Å²) in [5, 5.41) is 19.4. The van der Waals surface area contributed by atoms with Crippen molar-refractivity contribution in [3.05, 3.63) is 27.8 Å². The van der Waals surface area contributed by atoms with Crippen LogP contribution in [0, 0.1) is 11.3 Å². The van der Waals surface area contributed by atoms with E-state index in [0.717, 1.165) is 43.2 Å². The summed E-state index contributed by atoms with van der Waals surface area (Å²) in [7, 11) is 1.51. The Balaban J connectivity index is 2.65. The molecule has 1 N–H and O–H groups in total. The van der Waals surface area contributed by atoms with Crippen molar-refractivity contribution < 1.29 is 9.84 Å². The van der Waals surface area contributed by atoms with Crippen LogP contribution in [-0.4, -0.2) is 12.2 Å². The second-order valence-corrected chi connectivity index (χ2v) is 4.94. The van der Waals surface area contributed by atoms with Crippen LogP contribution in [0.15, 0.2) is 6.07 Å². The zero-order valence-electron chi connectivity index (χ0n) is 10.4. The molecule has 3 nitrogen and oxygen atoms in total. The van der Waals surface area contributed by atoms with Gasteiger partial charge in [0.15, 0.2) is 6.10 Å². The molecular formula is C14H16ClNO2. The molecule has 0 aliphatic heterocycles. The molecule has 18 heavy (non-hydrogen) atoms. The van der Waals surface area contributed by atoms with Crippen molar-refractivity contribution in [3.63, 3.8) is 0 Å². The molecule has 1 atom stereocenters. The predicted octanol–water partition coefficient (Wildman–Crippen LogP) is 3.17. The molecule has 0 saturated carbocycles. The number of hydrogen-bond donors (Lipinski definition) is 1. The van der Waals surface area contributed by atoms with E-state index in [1.807, 2.05) is 12.1 Å². The molecule has 1 aliphatic rings. The monoisotopic (exact) mass is 265 g/mol. The van der Waals surface area contributed by atoms with E-state index in [9.17, 15) is 5.11 Å². The number of aliphatic hydroxyl groups is 1. The number of benzene rings is 1. The third kappa shape index (κ3) is 2.31. The summed E-state index contributed by atoms with van der Waals surface area (Å²) in [5.74, 6) is 0.436. The average Bonchev–Trinajstić information content (AvgIpc) is 2.61. The second-order valence-electron chi connectivity index (χ2n) is 4.54. The Morgan fingerprint density at radius 3 is 2.78 bits per heavy atom. The fourth-order valence-electron chi connectivity index (χ4n) is 2.62. The van der Waals surface area contributed by atoms with Crippen LogP contribution < -0.4 is 4.74 Å². The highest BCUT2D eigenvalue weighted by Crippen LogP contribution is 2.39. The number of fused-ring (bicyclic) bond motifs is 1. The first kappa shape index (κ1) is 13.2. The Morgan fingerprint density at radius 2 is 2.11 bits per heavy atom. The molecule has 0 fully saturated rings. The Hall–Kier alpha value is -1.24. The van der Waals surface area contributed by atoms with Gasteiger partial charge in [-0.05, 0) is 42.9 Å². The minimum Gasteiger partial charge on any atom is -0.495 e. The second kappa shape index (κ2) is 5.60. The standard InChI is InChI=1S/C14H16ClNO2/c1-18-14-11(15)7-9-5-3-2-4-6-10(9)13(14)12(17)8-16/h7,12,17H,2-6H2,1H3. The number of halogens is 1. The number of ether oxygens (including phenoxy) is 1. The molecule has 0 spiro atoms. The number of nitriles is 1. The number of hydrogen-bond acceptors (Lipinski definition) is 3. The van der Waals surface area contributed by atoms with Crippen molar-refractivity contribution in [1.82, 2.24) is 0 Å². The van der Waals surface area contributed by atoms with Crippen molar-refractivity contribution in [2.75, 3.05) is 7.11 Å². The van der Waals surface area contributed by atoms with Crippen molar-refractivity contribution in [1.29, 1.82) is 5.26 Å². The molecule has 0 bridgehead atoms. The first-order chi connectivity index (χ1) is 8.69. The van der Waals surface area contributed by atoms with Gasteiger partial charge in [-0.15, -0.1) is 0 Å². The molecule has 0 heterocycles. The number of aliphatic hydroxyl groups excluding tert-OH is 1. The van der Waals surface area contributed by atoms with E-state index >= 15 is 0 Å². The van der Waals surface area contributed by atoms with Crippen LogP contribution in [0.25, 0.3) is 0 Å². The van der Waals surface area contributed by atoms with Crippen LogP contribution in [-0.2, 0) is 12.8 Å². The van der Waals surface area contributed by atoms with Crippen molar-refractivity contribution in [2.45, 2.75) is 38.2 Å². The van der Waals surface area contributed by atoms with Gasteiger partial charge in [0, 0.05) is 5.56 Å². The number of nitrogens with zero attached hydrogens (tertiary/aromatic N) is 1. The molecule has 4 heteroatoms. The van der Waals surface area contributed by atoms with Gasteiger partial charge < -0.3 is 9.84 Å². The SMILES string of the molecule is COc1c(Cl)cc2c(c1C(O)C#N)CCCCC2. The van der Waals surface area contributed by atoms with Gasteiger partial charge in [-0.1, -0.05) is 18.0 Å². The summed E-state index contributed by atoms with van der Waals surface area (Å²) >= 11 is 6.18. The lowest BCUT2D eigenvalue weighted by Gasteiger charge is -2.18. The van der Waals surface area contributed by atoms with Gasteiger partial charge in [0.25, 0.3) is 0 Å². The van der Waals surface area contributed by atoms with Crippen LogP contribution >= 0.6 is 11.6 Å². The van der Waals surface area contributed by atoms with E-state index in [4.69, 9.17) is 21.6 Å². The van der Waals surface area contributed by atoms with Crippen LogP contribution in [0.5, 0.6) is 5.75 Å². The van der Waals surface area contributed by atoms with Gasteiger partial charge in [0.2, 0.25) is 0 Å². The number of rotatable bonds is 2. The molecule has 2 rings (SSSR count). The molecule has 1 aromatic carbocycles. The van der Waals surface area contributed by atoms with Gasteiger partial charge in [-0.2, -0.15) is 5.26 Å². The van der Waals surface area contributed by atoms with Crippen LogP contribution in [0.4, 0.5) is 0 Å². The van der Waals surface area contributed by atoms with Gasteiger partial charge in [0.1, 0.15) is 5.75 Å². The van der Waals surface area contributed by atoms with Crippen molar-refractivity contribution in [2.24, 2.45) is 0 Å². The van der Waals surface area contributed by atoms with Gasteiger partial charge in [0.05, 0.1) is 18.2 Å². The summed E-state index contributed by atoms with van der Waals surface area (Å²) in [6.07, 6.45) is 4.00. The maximum atomic E-state index is 9.91. The van der Waals surface area contributed by atoms with Crippen LogP contribution in [0.3, 0.4) is 0 Å². The van der Waals surface area contributed by atoms with E-state index in [0.29, 0.717) is 16.3 Å². The molecular weight excluding hydrogens is 250 g/mol. The molecule has 0 aromatic heterocycles. The van der Waals surface area contributed by atoms with E-state index in [-0.39, 0.29) is 0 Å². The minimum atomic E-state index is -1.18. The van der Waals surface area contributed by atoms with Crippen molar-refractivity contribution >= 4 is 11.6 Å². The molecule has 1 aromatic rings. The molecule has 0 amide bonds. The fourth-order valence-corrected chi connectivity index (χ4v) is 2.93. The summed E-state index contributed by atoms with van der Waals surface area (Å²) in [5.41, 5.74) is 2.75. The molecule has 96 valence electrons. The largest absolute Gasteiger partial charge is 0.495 e. The normalized spacial score (nSPS) is 16.3. The first-order valence-corrected chi connectivity index (χ1v) is 6.52. The first-order valence-electron chi connectivity index (χ1n) is 6.14. The van der Waals surface area contributed by atoms with Gasteiger partial charge >= 0.3 is 0 Å². The van der Waals surface area contributed by atoms with E-state index in [1.54, 1.807) is 0 Å². The van der Waals surface area contributed by atoms with Crippen molar-refractivity contribution in [3.8, 4) is 11.8 Å². The third-order valence-electron chi connectivity index (χ3n) is 3.45. The Kier molecular flexibility index (Phi) is 4.11. The van der Waals surface area contributed by atoms with E-state index in [1.165, 1.54) is 7.11 Å².